The molecule has 0 spiro atoms. The molecule has 18 heavy (non-hydrogen) atoms. The molecule has 1 aromatic carbocycles. The minimum Gasteiger partial charge on any atom is -0.493 e. The van der Waals surface area contributed by atoms with Crippen molar-refractivity contribution < 1.29 is 4.74 Å². The Morgan fingerprint density at radius 3 is 2.61 bits per heavy atom. The number of ether oxygens (including phenoxy) is 1. The zero-order valence-electron chi connectivity index (χ0n) is 9.77. The summed E-state index contributed by atoms with van der Waals surface area (Å²) in [4.78, 5) is 3.98. The Morgan fingerprint density at radius 2 is 1.89 bits per heavy atom. The number of hydrogen-bond donors (Lipinski definition) is 0. The minimum absolute atomic E-state index is 0.394. The van der Waals surface area contributed by atoms with Gasteiger partial charge in [0.15, 0.2) is 0 Å². The zero-order chi connectivity index (χ0) is 12.8. The lowest BCUT2D eigenvalue weighted by molar-refractivity contribution is 0.319. The van der Waals surface area contributed by atoms with E-state index in [1.54, 1.807) is 18.5 Å². The first kappa shape index (κ1) is 13.2. The highest BCUT2D eigenvalue weighted by Gasteiger charge is 2.03. The maximum Gasteiger partial charge on any atom is 0.123 e. The molecule has 0 aliphatic carbocycles. The average molecular weight is 282 g/mol. The van der Waals surface area contributed by atoms with E-state index >= 15 is 0 Å². The molecule has 2 aromatic rings. The van der Waals surface area contributed by atoms with Crippen molar-refractivity contribution in [1.29, 1.82) is 0 Å². The smallest absolute Gasteiger partial charge is 0.123 e. The van der Waals surface area contributed by atoms with Crippen molar-refractivity contribution in [3.8, 4) is 5.75 Å². The normalized spacial score (nSPS) is 10.3. The summed E-state index contributed by atoms with van der Waals surface area (Å²) in [7, 11) is 0. The minimum atomic E-state index is 0.394. The predicted octanol–water partition coefficient (Wildman–Crippen LogP) is 4.10. The molecule has 1 aromatic heterocycles. The van der Waals surface area contributed by atoms with E-state index in [-0.39, 0.29) is 0 Å². The van der Waals surface area contributed by atoms with Crippen LogP contribution in [0.2, 0.25) is 5.02 Å². The van der Waals surface area contributed by atoms with Gasteiger partial charge in [-0.3, -0.25) is 4.98 Å². The number of rotatable bonds is 5. The van der Waals surface area contributed by atoms with Crippen molar-refractivity contribution in [3.05, 3.63) is 58.9 Å². The van der Waals surface area contributed by atoms with E-state index in [4.69, 9.17) is 27.9 Å². The van der Waals surface area contributed by atoms with Crippen molar-refractivity contribution in [2.75, 3.05) is 6.61 Å². The Bertz CT molecular complexity index is 502. The lowest BCUT2D eigenvalue weighted by atomic mass is 10.2. The number of pyridine rings is 1. The van der Waals surface area contributed by atoms with Crippen LogP contribution in [0.25, 0.3) is 0 Å². The van der Waals surface area contributed by atoms with E-state index in [2.05, 4.69) is 4.98 Å². The standard InChI is InChI=1S/C14H13Cl2NO/c15-10-12-9-13(16)1-2-14(12)18-8-5-11-3-6-17-7-4-11/h1-4,6-7,9H,5,8,10H2. The van der Waals surface area contributed by atoms with E-state index < -0.39 is 0 Å². The first-order valence-corrected chi connectivity index (χ1v) is 6.57. The fourth-order valence-electron chi connectivity index (χ4n) is 1.62. The summed E-state index contributed by atoms with van der Waals surface area (Å²) in [5.74, 6) is 1.19. The number of halogens is 2. The summed E-state index contributed by atoms with van der Waals surface area (Å²) in [6.45, 7) is 0.607. The highest BCUT2D eigenvalue weighted by Crippen LogP contribution is 2.24. The molecule has 2 nitrogen and oxygen atoms in total. The van der Waals surface area contributed by atoms with Gasteiger partial charge in [-0.05, 0) is 35.9 Å². The fourth-order valence-corrected chi connectivity index (χ4v) is 2.03. The molecule has 0 fully saturated rings. The van der Waals surface area contributed by atoms with Crippen LogP contribution in [0.5, 0.6) is 5.75 Å². The maximum absolute atomic E-state index is 5.90. The van der Waals surface area contributed by atoms with Crippen LogP contribution in [-0.4, -0.2) is 11.6 Å². The molecule has 0 saturated carbocycles. The van der Waals surface area contributed by atoms with Crippen LogP contribution in [0.1, 0.15) is 11.1 Å². The van der Waals surface area contributed by atoms with Gasteiger partial charge in [-0.2, -0.15) is 0 Å². The van der Waals surface area contributed by atoms with Gasteiger partial charge in [0, 0.05) is 29.4 Å². The zero-order valence-corrected chi connectivity index (χ0v) is 11.3. The van der Waals surface area contributed by atoms with Crippen LogP contribution in [0.4, 0.5) is 0 Å². The van der Waals surface area contributed by atoms with E-state index in [9.17, 15) is 0 Å². The Balaban J connectivity index is 1.94. The SMILES string of the molecule is ClCc1cc(Cl)ccc1OCCc1ccncc1. The van der Waals surface area contributed by atoms with Crippen molar-refractivity contribution in [2.24, 2.45) is 0 Å². The summed E-state index contributed by atoms with van der Waals surface area (Å²) in [5, 5.41) is 0.673. The van der Waals surface area contributed by atoms with Gasteiger partial charge >= 0.3 is 0 Å². The van der Waals surface area contributed by atoms with Crippen LogP contribution < -0.4 is 4.74 Å². The van der Waals surface area contributed by atoms with Gasteiger partial charge in [0.2, 0.25) is 0 Å². The predicted molar refractivity (Wildman–Crippen MR) is 74.4 cm³/mol. The molecule has 2 rings (SSSR count). The third-order valence-electron chi connectivity index (χ3n) is 2.56. The molecule has 0 atom stereocenters. The van der Waals surface area contributed by atoms with Crippen LogP contribution in [0.15, 0.2) is 42.7 Å². The Labute approximate surface area is 117 Å². The number of aromatic nitrogens is 1. The largest absolute Gasteiger partial charge is 0.493 e. The molecule has 0 radical (unpaired) electrons. The van der Waals surface area contributed by atoms with Crippen molar-refractivity contribution in [2.45, 2.75) is 12.3 Å². The van der Waals surface area contributed by atoms with Gasteiger partial charge in [0.05, 0.1) is 12.5 Å². The van der Waals surface area contributed by atoms with Gasteiger partial charge in [0.1, 0.15) is 5.75 Å². The van der Waals surface area contributed by atoms with Gasteiger partial charge in [-0.1, -0.05) is 11.6 Å². The Hall–Kier alpha value is -1.25. The molecule has 0 N–H and O–H groups in total. The highest BCUT2D eigenvalue weighted by atomic mass is 35.5. The first-order chi connectivity index (χ1) is 8.79. The third kappa shape index (κ3) is 3.62. The van der Waals surface area contributed by atoms with Crippen molar-refractivity contribution in [3.63, 3.8) is 0 Å². The van der Waals surface area contributed by atoms with Crippen molar-refractivity contribution in [1.82, 2.24) is 4.98 Å². The maximum atomic E-state index is 5.90. The van der Waals surface area contributed by atoms with Crippen LogP contribution in [0.3, 0.4) is 0 Å². The highest BCUT2D eigenvalue weighted by molar-refractivity contribution is 6.30. The molecular formula is C14H13Cl2NO. The van der Waals surface area contributed by atoms with Gasteiger partial charge in [-0.25, -0.2) is 0 Å². The Kier molecular flexibility index (Phi) is 4.85. The van der Waals surface area contributed by atoms with Crippen LogP contribution in [-0.2, 0) is 12.3 Å². The molecule has 0 bridgehead atoms. The summed E-state index contributed by atoms with van der Waals surface area (Å²) in [6, 6.07) is 9.45. The monoisotopic (exact) mass is 281 g/mol. The molecule has 0 unspecified atom stereocenters. The number of benzene rings is 1. The van der Waals surface area contributed by atoms with Crippen LogP contribution in [0, 0.1) is 0 Å². The third-order valence-corrected chi connectivity index (χ3v) is 3.09. The van der Waals surface area contributed by atoms with Gasteiger partial charge in [-0.15, -0.1) is 11.6 Å². The number of alkyl halides is 1. The second-order valence-corrected chi connectivity index (χ2v) is 4.54. The molecule has 0 aliphatic heterocycles. The lowest BCUT2D eigenvalue weighted by Gasteiger charge is -2.10. The molecule has 0 saturated heterocycles. The van der Waals surface area contributed by atoms with Gasteiger partial charge < -0.3 is 4.74 Å². The van der Waals surface area contributed by atoms with Crippen LogP contribution >= 0.6 is 23.2 Å². The molecular weight excluding hydrogens is 269 g/mol. The fraction of sp³-hybridized carbons (Fsp3) is 0.214. The second kappa shape index (κ2) is 6.62. The molecule has 1 heterocycles. The van der Waals surface area contributed by atoms with E-state index in [1.165, 1.54) is 5.56 Å². The quantitative estimate of drug-likeness (QED) is 0.770. The lowest BCUT2D eigenvalue weighted by Crippen LogP contribution is -2.03. The second-order valence-electron chi connectivity index (χ2n) is 3.84. The summed E-state index contributed by atoms with van der Waals surface area (Å²) in [6.07, 6.45) is 4.40. The van der Waals surface area contributed by atoms with E-state index in [0.29, 0.717) is 17.5 Å². The van der Waals surface area contributed by atoms with Gasteiger partial charge in [0.25, 0.3) is 0 Å². The van der Waals surface area contributed by atoms with E-state index in [0.717, 1.165) is 17.7 Å². The summed E-state index contributed by atoms with van der Waals surface area (Å²) >= 11 is 11.8. The molecule has 0 aliphatic rings. The summed E-state index contributed by atoms with van der Waals surface area (Å²) < 4.78 is 5.72. The first-order valence-electron chi connectivity index (χ1n) is 5.65. The average Bonchev–Trinajstić information content (AvgIpc) is 2.41. The summed E-state index contributed by atoms with van der Waals surface area (Å²) in [5.41, 5.74) is 2.12. The topological polar surface area (TPSA) is 22.1 Å². The van der Waals surface area contributed by atoms with E-state index in [1.807, 2.05) is 24.3 Å². The Morgan fingerprint density at radius 1 is 1.11 bits per heavy atom. The number of nitrogens with zero attached hydrogens (tertiary/aromatic N) is 1. The molecule has 0 amide bonds. The number of hydrogen-bond acceptors (Lipinski definition) is 2. The van der Waals surface area contributed by atoms with Crippen molar-refractivity contribution >= 4 is 23.2 Å². The molecule has 94 valence electrons. The molecule has 4 heteroatoms.